The van der Waals surface area contributed by atoms with Gasteiger partial charge < -0.3 is 0 Å². The van der Waals surface area contributed by atoms with Crippen molar-refractivity contribution in [1.82, 2.24) is 0 Å². The molecular formula is C29H48BrClO. The molecule has 0 amide bonds. The van der Waals surface area contributed by atoms with E-state index < -0.39 is 0 Å². The first kappa shape index (κ1) is 25.5. The van der Waals surface area contributed by atoms with E-state index in [0.29, 0.717) is 23.0 Å². The lowest BCUT2D eigenvalue weighted by molar-refractivity contribution is -0.147. The summed E-state index contributed by atoms with van der Waals surface area (Å²) in [4.78, 5) is 13.6. The highest BCUT2D eigenvalue weighted by Crippen LogP contribution is 2.70. The van der Waals surface area contributed by atoms with Gasteiger partial charge in [-0.25, -0.2) is 0 Å². The average Bonchev–Trinajstić information content (AvgIpc) is 3.08. The first-order valence-electron chi connectivity index (χ1n) is 13.8. The molecule has 4 aliphatic carbocycles. The number of halogens is 2. The van der Waals surface area contributed by atoms with Crippen LogP contribution in [0.3, 0.4) is 0 Å². The molecule has 4 rings (SSSR count). The summed E-state index contributed by atoms with van der Waals surface area (Å²) in [6.45, 7) is 14.8. The van der Waals surface area contributed by atoms with Gasteiger partial charge in [0.2, 0.25) is 0 Å². The van der Waals surface area contributed by atoms with E-state index in [9.17, 15) is 4.79 Å². The second kappa shape index (κ2) is 9.15. The van der Waals surface area contributed by atoms with Gasteiger partial charge in [-0.2, -0.15) is 0 Å². The van der Waals surface area contributed by atoms with Crippen molar-refractivity contribution >= 4 is 33.3 Å². The van der Waals surface area contributed by atoms with Crippen molar-refractivity contribution in [3.05, 3.63) is 0 Å². The number of hydrogen-bond donors (Lipinski definition) is 0. The van der Waals surface area contributed by atoms with Crippen molar-refractivity contribution in [2.75, 3.05) is 0 Å². The zero-order chi connectivity index (χ0) is 23.5. The van der Waals surface area contributed by atoms with Crippen LogP contribution in [0.25, 0.3) is 0 Å². The second-order valence-corrected chi connectivity index (χ2v) is 15.2. The minimum absolute atomic E-state index is 0.0784. The van der Waals surface area contributed by atoms with Gasteiger partial charge in [0.15, 0.2) is 0 Å². The van der Waals surface area contributed by atoms with E-state index in [4.69, 9.17) is 11.6 Å². The van der Waals surface area contributed by atoms with Gasteiger partial charge in [0, 0.05) is 11.8 Å². The Morgan fingerprint density at radius 3 is 2.41 bits per heavy atom. The quantitative estimate of drug-likeness (QED) is 0.315. The van der Waals surface area contributed by atoms with Gasteiger partial charge in [0.1, 0.15) is 5.78 Å². The van der Waals surface area contributed by atoms with Crippen LogP contribution in [-0.4, -0.2) is 15.5 Å². The van der Waals surface area contributed by atoms with Crippen molar-refractivity contribution < 1.29 is 4.79 Å². The minimum atomic E-state index is -0.378. The summed E-state index contributed by atoms with van der Waals surface area (Å²) in [6, 6.07) is 0. The molecule has 1 nitrogen and oxygen atoms in total. The van der Waals surface area contributed by atoms with Gasteiger partial charge in [0.25, 0.3) is 0 Å². The van der Waals surface area contributed by atoms with E-state index in [-0.39, 0.29) is 15.1 Å². The number of alkyl halides is 2. The maximum absolute atomic E-state index is 13.6. The number of carbonyl (C=O) groups excluding carboxylic acids is 1. The fraction of sp³-hybridized carbons (Fsp3) is 0.966. The molecule has 0 saturated heterocycles. The van der Waals surface area contributed by atoms with E-state index >= 15 is 0 Å². The highest BCUT2D eigenvalue weighted by atomic mass is 79.9. The molecule has 0 heterocycles. The summed E-state index contributed by atoms with van der Waals surface area (Å²) in [5.41, 5.74) is 0.516. The van der Waals surface area contributed by atoms with E-state index in [2.05, 4.69) is 57.5 Å². The van der Waals surface area contributed by atoms with Gasteiger partial charge in [-0.05, 0) is 104 Å². The molecule has 0 N–H and O–H groups in total. The Balaban J connectivity index is 1.52. The normalized spacial score (nSPS) is 48.2. The third-order valence-corrected chi connectivity index (χ3v) is 13.8. The van der Waals surface area contributed by atoms with Crippen LogP contribution >= 0.6 is 27.5 Å². The van der Waals surface area contributed by atoms with Crippen molar-refractivity contribution in [1.29, 1.82) is 0 Å². The lowest BCUT2D eigenvalue weighted by atomic mass is 9.44. The maximum atomic E-state index is 13.6. The Morgan fingerprint density at radius 2 is 1.75 bits per heavy atom. The molecule has 10 atom stereocenters. The lowest BCUT2D eigenvalue weighted by Crippen LogP contribution is -2.64. The molecule has 0 aliphatic heterocycles. The van der Waals surface area contributed by atoms with Crippen LogP contribution < -0.4 is 0 Å². The molecule has 4 aliphatic rings. The monoisotopic (exact) mass is 526 g/mol. The molecule has 0 bridgehead atoms. The topological polar surface area (TPSA) is 17.1 Å². The Morgan fingerprint density at radius 1 is 1.03 bits per heavy atom. The molecule has 32 heavy (non-hydrogen) atoms. The maximum Gasteiger partial charge on any atom is 0.150 e. The van der Waals surface area contributed by atoms with E-state index in [1.807, 2.05) is 0 Å². The molecule has 0 radical (unpaired) electrons. The molecule has 0 aromatic heterocycles. The summed E-state index contributed by atoms with van der Waals surface area (Å²) in [5.74, 6) is 5.82. The standard InChI is InChI=1S/C29H48BrClO/c1-7-20(18(2)3)9-8-19(4)23-10-11-24-22-16-26(32)29(30)17-21(31)12-15-28(29,6)25(22)13-14-27(23,24)5/h18-25H,7-17H2,1-6H3/t19-,20-,21?,22+,23-,24+,25+,27-,28-,29?/m1/s1. The van der Waals surface area contributed by atoms with Crippen molar-refractivity contribution in [2.45, 2.75) is 122 Å². The number of rotatable bonds is 6. The van der Waals surface area contributed by atoms with E-state index in [1.54, 1.807) is 0 Å². The van der Waals surface area contributed by atoms with Crippen molar-refractivity contribution in [2.24, 2.45) is 52.3 Å². The Hall–Kier alpha value is 0.440. The zero-order valence-electron chi connectivity index (χ0n) is 21.6. The Kier molecular flexibility index (Phi) is 7.30. The fourth-order valence-corrected chi connectivity index (χ4v) is 11.2. The molecule has 2 unspecified atom stereocenters. The summed E-state index contributed by atoms with van der Waals surface area (Å²) in [7, 11) is 0. The molecule has 0 aromatic rings. The van der Waals surface area contributed by atoms with Crippen LogP contribution in [0.1, 0.15) is 112 Å². The first-order chi connectivity index (χ1) is 15.0. The zero-order valence-corrected chi connectivity index (χ0v) is 23.9. The highest BCUT2D eigenvalue weighted by molar-refractivity contribution is 9.10. The molecule has 4 saturated carbocycles. The van der Waals surface area contributed by atoms with Crippen LogP contribution in [0.4, 0.5) is 0 Å². The van der Waals surface area contributed by atoms with Crippen molar-refractivity contribution in [3.8, 4) is 0 Å². The van der Waals surface area contributed by atoms with Gasteiger partial charge in [0.05, 0.1) is 4.32 Å². The number of carbonyl (C=O) groups is 1. The molecule has 0 aromatic carbocycles. The Bertz CT molecular complexity index is 707. The summed E-state index contributed by atoms with van der Waals surface area (Å²) >= 11 is 10.6. The predicted octanol–water partition coefficient (Wildman–Crippen LogP) is 9.05. The molecule has 184 valence electrons. The third-order valence-electron chi connectivity index (χ3n) is 11.7. The largest absolute Gasteiger partial charge is 0.298 e. The van der Waals surface area contributed by atoms with Crippen molar-refractivity contribution in [3.63, 3.8) is 0 Å². The molecule has 4 fully saturated rings. The minimum Gasteiger partial charge on any atom is -0.298 e. The number of ketones is 1. The number of fused-ring (bicyclic) bond motifs is 5. The lowest BCUT2D eigenvalue weighted by Gasteiger charge is -2.63. The number of hydrogen-bond acceptors (Lipinski definition) is 1. The second-order valence-electron chi connectivity index (χ2n) is 13.3. The SMILES string of the molecule is CC[C@H](CC[C@@H](C)[C@H]1CC[C@H]2[C@@H]3CC(=O)C4(Br)CC(Cl)CC[C@]4(C)[C@H]3CC[C@]12C)C(C)C. The van der Waals surface area contributed by atoms with Gasteiger partial charge in [-0.3, -0.25) is 4.79 Å². The average molecular weight is 528 g/mol. The predicted molar refractivity (Wildman–Crippen MR) is 140 cm³/mol. The summed E-state index contributed by atoms with van der Waals surface area (Å²) < 4.78 is -0.378. The molecule has 3 heteroatoms. The smallest absolute Gasteiger partial charge is 0.150 e. The Labute approximate surface area is 211 Å². The first-order valence-corrected chi connectivity index (χ1v) is 15.1. The van der Waals surface area contributed by atoms with E-state index in [0.717, 1.165) is 55.3 Å². The summed E-state index contributed by atoms with van der Waals surface area (Å²) in [6.07, 6.45) is 13.3. The van der Waals surface area contributed by atoms with Gasteiger partial charge in [-0.1, -0.05) is 70.3 Å². The van der Waals surface area contributed by atoms with Crippen LogP contribution in [0.5, 0.6) is 0 Å². The third kappa shape index (κ3) is 3.88. The number of Topliss-reactive ketones (excluding diaryl/α,β-unsaturated/α-hetero) is 1. The summed E-state index contributed by atoms with van der Waals surface area (Å²) in [5, 5.41) is 0.145. The van der Waals surface area contributed by atoms with Crippen LogP contribution in [0, 0.1) is 52.3 Å². The van der Waals surface area contributed by atoms with E-state index in [1.165, 1.54) is 44.9 Å². The molecular weight excluding hydrogens is 480 g/mol. The van der Waals surface area contributed by atoms with Gasteiger partial charge in [-0.15, -0.1) is 11.6 Å². The van der Waals surface area contributed by atoms with Crippen LogP contribution in [0.15, 0.2) is 0 Å². The van der Waals surface area contributed by atoms with Gasteiger partial charge >= 0.3 is 0 Å². The highest BCUT2D eigenvalue weighted by Gasteiger charge is 2.67. The fourth-order valence-electron chi connectivity index (χ4n) is 9.61. The van der Waals surface area contributed by atoms with Crippen LogP contribution in [-0.2, 0) is 4.79 Å². The van der Waals surface area contributed by atoms with Crippen LogP contribution in [0.2, 0.25) is 0 Å². The molecule has 0 spiro atoms.